The van der Waals surface area contributed by atoms with Gasteiger partial charge in [0.1, 0.15) is 9.85 Å². The van der Waals surface area contributed by atoms with Gasteiger partial charge in [-0.05, 0) is 19.3 Å². The number of unbranched alkanes of at least 4 members (excludes halogenated alkanes) is 2. The van der Waals surface area contributed by atoms with Gasteiger partial charge >= 0.3 is 11.7 Å². The van der Waals surface area contributed by atoms with Crippen LogP contribution in [0, 0.1) is 70.8 Å². The first-order valence-electron chi connectivity index (χ1n) is 8.24. The number of alkyl halides is 1. The number of hydrazine groups is 2. The Morgan fingerprint density at radius 1 is 0.545 bits per heavy atom. The second-order valence-electron chi connectivity index (χ2n) is 6.09. The van der Waals surface area contributed by atoms with Crippen LogP contribution < -0.4 is 0 Å². The van der Waals surface area contributed by atoms with Crippen molar-refractivity contribution < 1.29 is 39.1 Å². The number of halogens is 1. The van der Waals surface area contributed by atoms with Gasteiger partial charge in [0.2, 0.25) is 0 Å². The topological polar surface area (TPSA) is 308 Å². The molecule has 0 amide bonds. The van der Waals surface area contributed by atoms with Crippen molar-refractivity contribution in [3.63, 3.8) is 0 Å². The van der Waals surface area contributed by atoms with E-state index in [-0.39, 0.29) is 29.3 Å². The third kappa shape index (κ3) is 6.66. The van der Waals surface area contributed by atoms with Crippen LogP contribution >= 0.6 is 0 Å². The van der Waals surface area contributed by atoms with E-state index in [1.165, 1.54) is 0 Å². The van der Waals surface area contributed by atoms with Crippen molar-refractivity contribution in [2.45, 2.75) is 31.0 Å². The second kappa shape index (κ2) is 11.1. The van der Waals surface area contributed by atoms with Crippen LogP contribution in [0.3, 0.4) is 0 Å². The van der Waals surface area contributed by atoms with Crippen LogP contribution in [0.25, 0.3) is 0 Å². The monoisotopic (exact) mass is 491 g/mol. The summed E-state index contributed by atoms with van der Waals surface area (Å²) >= 11 is 0. The molecular formula is C9H14FN9O14. The lowest BCUT2D eigenvalue weighted by molar-refractivity contribution is -0.973. The fourth-order valence-electron chi connectivity index (χ4n) is 2.23. The zero-order valence-electron chi connectivity index (χ0n) is 16.1. The molecule has 0 N–H and O–H groups in total. The molecule has 0 saturated heterocycles. The Morgan fingerprint density at radius 3 is 1.15 bits per heavy atom. The van der Waals surface area contributed by atoms with Crippen LogP contribution in [0.5, 0.6) is 0 Å². The van der Waals surface area contributed by atoms with Gasteiger partial charge in [-0.25, -0.2) is 20.2 Å². The molecule has 24 heteroatoms. The molecule has 0 heterocycles. The normalized spacial score (nSPS) is 11.3. The summed E-state index contributed by atoms with van der Waals surface area (Å²) in [6.07, 6.45) is -0.975. The first kappa shape index (κ1) is 28.3. The van der Waals surface area contributed by atoms with Gasteiger partial charge in [-0.1, -0.05) is 4.39 Å². The summed E-state index contributed by atoms with van der Waals surface area (Å²) in [6, 6.07) is 0. The summed E-state index contributed by atoms with van der Waals surface area (Å²) in [7, 11) is 0. The van der Waals surface area contributed by atoms with E-state index < -0.39 is 72.6 Å². The Labute approximate surface area is 178 Å². The molecule has 0 aliphatic rings. The average Bonchev–Trinajstić information content (AvgIpc) is 2.67. The molecule has 0 fully saturated rings. The molecule has 0 saturated carbocycles. The first-order chi connectivity index (χ1) is 15.0. The van der Waals surface area contributed by atoms with Crippen molar-refractivity contribution in [3.8, 4) is 0 Å². The minimum absolute atomic E-state index is 0.186. The van der Waals surface area contributed by atoms with Crippen LogP contribution in [0.1, 0.15) is 19.3 Å². The van der Waals surface area contributed by atoms with Gasteiger partial charge in [0.25, 0.3) is 13.1 Å². The van der Waals surface area contributed by atoms with Gasteiger partial charge in [0.05, 0.1) is 13.1 Å². The van der Waals surface area contributed by atoms with E-state index in [1.54, 1.807) is 0 Å². The van der Waals surface area contributed by atoms with Crippen molar-refractivity contribution >= 4 is 0 Å². The van der Waals surface area contributed by atoms with Crippen LogP contribution in [0.2, 0.25) is 0 Å². The van der Waals surface area contributed by atoms with Gasteiger partial charge < -0.3 is 0 Å². The van der Waals surface area contributed by atoms with Gasteiger partial charge in [0, 0.05) is 0 Å². The largest absolute Gasteiger partial charge is 0.723 e. The Kier molecular flexibility index (Phi) is 9.52. The molecule has 0 atom stereocenters. The van der Waals surface area contributed by atoms with Crippen LogP contribution in [-0.2, 0) is 0 Å². The summed E-state index contributed by atoms with van der Waals surface area (Å²) < 4.78 is 13.8. The van der Waals surface area contributed by atoms with E-state index in [2.05, 4.69) is 0 Å². The molecule has 33 heavy (non-hydrogen) atoms. The summed E-state index contributed by atoms with van der Waals surface area (Å²) in [6.45, 7) is -5.39. The molecule has 0 aromatic carbocycles. The number of rotatable bonds is 17. The van der Waals surface area contributed by atoms with Crippen LogP contribution in [0.4, 0.5) is 4.39 Å². The second-order valence-corrected chi connectivity index (χ2v) is 6.09. The van der Waals surface area contributed by atoms with Crippen molar-refractivity contribution in [1.82, 2.24) is 10.0 Å². The molecule has 0 radical (unpaired) electrons. The third-order valence-electron chi connectivity index (χ3n) is 4.01. The minimum atomic E-state index is -4.40. The first-order valence-corrected chi connectivity index (χ1v) is 8.24. The molecule has 186 valence electrons. The standard InChI is InChI=1S/C9H14FN9O14/c10-8(13(20)21,14(22)23)6-11(18(30)31)4-2-1-3-5-12(19(32)33)7-9(15(24)25,16(26)27)17(28)29/h1-7H2. The maximum Gasteiger partial charge on any atom is 0.723 e. The van der Waals surface area contributed by atoms with E-state index in [9.17, 15) is 75.2 Å². The van der Waals surface area contributed by atoms with E-state index in [0.717, 1.165) is 0 Å². The molecule has 0 rings (SSSR count). The highest BCUT2D eigenvalue weighted by molar-refractivity contribution is 4.61. The van der Waals surface area contributed by atoms with Crippen molar-refractivity contribution in [1.29, 1.82) is 0 Å². The zero-order chi connectivity index (χ0) is 26.1. The molecule has 0 spiro atoms. The van der Waals surface area contributed by atoms with Crippen molar-refractivity contribution in [2.24, 2.45) is 0 Å². The van der Waals surface area contributed by atoms with Crippen molar-refractivity contribution in [3.05, 3.63) is 70.8 Å². The lowest BCUT2D eigenvalue weighted by Gasteiger charge is -2.16. The highest BCUT2D eigenvalue weighted by atomic mass is 19.2. The molecule has 0 aliphatic carbocycles. The summed E-state index contributed by atoms with van der Waals surface area (Å²) in [5, 5.41) is 72.4. The van der Waals surface area contributed by atoms with Gasteiger partial charge in [-0.2, -0.15) is 0 Å². The smallest absolute Gasteiger partial charge is 0.256 e. The Morgan fingerprint density at radius 2 is 0.879 bits per heavy atom. The molecule has 0 aromatic heterocycles. The number of nitro groups is 7. The number of nitrogens with zero attached hydrogens (tertiary/aromatic N) is 9. The minimum Gasteiger partial charge on any atom is -0.256 e. The molecule has 0 aliphatic heterocycles. The molecule has 0 unspecified atom stereocenters. The highest BCUT2D eigenvalue weighted by Crippen LogP contribution is 2.17. The van der Waals surface area contributed by atoms with Crippen molar-refractivity contribution in [2.75, 3.05) is 26.2 Å². The maximum absolute atomic E-state index is 13.8. The summed E-state index contributed by atoms with van der Waals surface area (Å²) in [5.41, 5.74) is 0. The van der Waals surface area contributed by atoms with E-state index in [1.807, 2.05) is 0 Å². The fraction of sp³-hybridized carbons (Fsp3) is 1.00. The molecular weight excluding hydrogens is 477 g/mol. The number of hydrogen-bond acceptors (Lipinski definition) is 14. The van der Waals surface area contributed by atoms with E-state index in [4.69, 9.17) is 0 Å². The van der Waals surface area contributed by atoms with Crippen LogP contribution in [0.15, 0.2) is 0 Å². The predicted molar refractivity (Wildman–Crippen MR) is 92.5 cm³/mol. The van der Waals surface area contributed by atoms with E-state index in [0.29, 0.717) is 0 Å². The average molecular weight is 491 g/mol. The highest BCUT2D eigenvalue weighted by Gasteiger charge is 2.73. The molecule has 0 bridgehead atoms. The van der Waals surface area contributed by atoms with Gasteiger partial charge in [-0.3, -0.25) is 50.6 Å². The maximum atomic E-state index is 13.8. The lowest BCUT2D eigenvalue weighted by atomic mass is 10.2. The SMILES string of the molecule is O=[N+]([O-])N(CCCCCN(CC([N+](=O)[O-])([N+](=O)[O-])[N+](=O)[O-])[N+](=O)[O-])CC(F)([N+](=O)[O-])[N+](=O)[O-]. The van der Waals surface area contributed by atoms with E-state index >= 15 is 0 Å². The zero-order valence-corrected chi connectivity index (χ0v) is 16.1. The van der Waals surface area contributed by atoms with Gasteiger partial charge in [-0.15, -0.1) is 10.0 Å². The van der Waals surface area contributed by atoms with Crippen LogP contribution in [-0.4, -0.2) is 82.6 Å². The van der Waals surface area contributed by atoms with Gasteiger partial charge in [0.15, 0.2) is 24.8 Å². The summed E-state index contributed by atoms with van der Waals surface area (Å²) in [4.78, 5) is 65.7. The quantitative estimate of drug-likeness (QED) is 0.0758. The Balaban J connectivity index is 5.13. The third-order valence-corrected chi connectivity index (χ3v) is 4.01. The Hall–Kier alpha value is -4.67. The number of hydrogen-bond donors (Lipinski definition) is 0. The summed E-state index contributed by atoms with van der Waals surface area (Å²) in [5.74, 6) is -8.54. The lowest BCUT2D eigenvalue weighted by Crippen LogP contribution is -2.61. The molecule has 23 nitrogen and oxygen atoms in total. The Bertz CT molecular complexity index is 787. The molecule has 0 aromatic rings. The fourth-order valence-corrected chi connectivity index (χ4v) is 2.23. The predicted octanol–water partition coefficient (Wildman–Crippen LogP) is -1.20.